The number of aromatic nitrogens is 2. The van der Waals surface area contributed by atoms with E-state index in [1.807, 2.05) is 16.9 Å². The SMILES string of the molecule is CC(Cn1cccn1)NCC(O)COCC1CCCO1. The highest BCUT2D eigenvalue weighted by atomic mass is 16.5. The van der Waals surface area contributed by atoms with Gasteiger partial charge in [0.15, 0.2) is 0 Å². The van der Waals surface area contributed by atoms with Gasteiger partial charge < -0.3 is 19.9 Å². The van der Waals surface area contributed by atoms with Gasteiger partial charge in [0.2, 0.25) is 0 Å². The average molecular weight is 283 g/mol. The number of aliphatic hydroxyl groups excluding tert-OH is 1. The summed E-state index contributed by atoms with van der Waals surface area (Å²) < 4.78 is 12.8. The highest BCUT2D eigenvalue weighted by Crippen LogP contribution is 2.11. The van der Waals surface area contributed by atoms with Gasteiger partial charge in [0, 0.05) is 31.6 Å². The minimum absolute atomic E-state index is 0.217. The third kappa shape index (κ3) is 5.58. The van der Waals surface area contributed by atoms with E-state index in [9.17, 15) is 5.11 Å². The average Bonchev–Trinajstić information content (AvgIpc) is 3.09. The van der Waals surface area contributed by atoms with Crippen molar-refractivity contribution in [1.29, 1.82) is 0 Å². The lowest BCUT2D eigenvalue weighted by Gasteiger charge is -2.18. The first-order valence-electron chi connectivity index (χ1n) is 7.32. The van der Waals surface area contributed by atoms with Crippen LogP contribution >= 0.6 is 0 Å². The maximum atomic E-state index is 9.85. The molecule has 0 amide bonds. The third-order valence-corrected chi connectivity index (χ3v) is 3.36. The molecule has 0 aromatic carbocycles. The van der Waals surface area contributed by atoms with Crippen LogP contribution in [0.3, 0.4) is 0 Å². The molecule has 0 bridgehead atoms. The molecule has 1 aromatic rings. The molecule has 1 aromatic heterocycles. The molecule has 2 heterocycles. The smallest absolute Gasteiger partial charge is 0.0897 e. The number of nitrogens with zero attached hydrogens (tertiary/aromatic N) is 2. The van der Waals surface area contributed by atoms with Gasteiger partial charge in [-0.05, 0) is 25.8 Å². The molecule has 0 saturated carbocycles. The lowest BCUT2D eigenvalue weighted by Crippen LogP contribution is -2.38. The van der Waals surface area contributed by atoms with E-state index in [4.69, 9.17) is 9.47 Å². The summed E-state index contributed by atoms with van der Waals surface area (Å²) in [6.07, 6.45) is 5.60. The van der Waals surface area contributed by atoms with Crippen molar-refractivity contribution < 1.29 is 14.6 Å². The van der Waals surface area contributed by atoms with Crippen LogP contribution in [-0.4, -0.2) is 59.5 Å². The molecule has 1 aliphatic heterocycles. The molecule has 2 rings (SSSR count). The van der Waals surface area contributed by atoms with Gasteiger partial charge in [-0.2, -0.15) is 5.10 Å². The number of ether oxygens (including phenoxy) is 2. The largest absolute Gasteiger partial charge is 0.389 e. The zero-order chi connectivity index (χ0) is 14.2. The molecule has 0 spiro atoms. The minimum atomic E-state index is -0.489. The van der Waals surface area contributed by atoms with E-state index < -0.39 is 6.10 Å². The number of hydrogen-bond donors (Lipinski definition) is 2. The normalized spacial score (nSPS) is 22.0. The molecule has 0 aliphatic carbocycles. The fourth-order valence-electron chi connectivity index (χ4n) is 2.26. The summed E-state index contributed by atoms with van der Waals surface area (Å²) in [6.45, 7) is 5.15. The van der Waals surface area contributed by atoms with Gasteiger partial charge in [-0.3, -0.25) is 4.68 Å². The number of nitrogens with one attached hydrogen (secondary N) is 1. The van der Waals surface area contributed by atoms with E-state index >= 15 is 0 Å². The molecule has 6 nitrogen and oxygen atoms in total. The second-order valence-corrected chi connectivity index (χ2v) is 5.36. The van der Waals surface area contributed by atoms with Crippen LogP contribution in [-0.2, 0) is 16.0 Å². The highest BCUT2D eigenvalue weighted by molar-refractivity contribution is 4.79. The van der Waals surface area contributed by atoms with Crippen molar-refractivity contribution in [3.63, 3.8) is 0 Å². The van der Waals surface area contributed by atoms with E-state index in [1.165, 1.54) is 0 Å². The minimum Gasteiger partial charge on any atom is -0.389 e. The quantitative estimate of drug-likeness (QED) is 0.687. The van der Waals surface area contributed by atoms with Crippen LogP contribution in [0.4, 0.5) is 0 Å². The molecule has 0 radical (unpaired) electrons. The first-order valence-corrected chi connectivity index (χ1v) is 7.32. The summed E-state index contributed by atoms with van der Waals surface area (Å²) in [5.74, 6) is 0. The van der Waals surface area contributed by atoms with Gasteiger partial charge in [-0.15, -0.1) is 0 Å². The summed E-state index contributed by atoms with van der Waals surface area (Å²) in [5, 5.41) is 17.3. The number of rotatable bonds is 9. The van der Waals surface area contributed by atoms with E-state index in [2.05, 4.69) is 17.3 Å². The lowest BCUT2D eigenvalue weighted by atomic mass is 10.2. The summed E-state index contributed by atoms with van der Waals surface area (Å²) in [6, 6.07) is 2.16. The van der Waals surface area contributed by atoms with Gasteiger partial charge in [-0.25, -0.2) is 0 Å². The van der Waals surface area contributed by atoms with Crippen LogP contribution in [0, 0.1) is 0 Å². The van der Waals surface area contributed by atoms with Crippen LogP contribution in [0.25, 0.3) is 0 Å². The molecular formula is C14H25N3O3. The van der Waals surface area contributed by atoms with Crippen molar-refractivity contribution in [2.24, 2.45) is 0 Å². The fraction of sp³-hybridized carbons (Fsp3) is 0.786. The molecule has 20 heavy (non-hydrogen) atoms. The van der Waals surface area contributed by atoms with Crippen molar-refractivity contribution in [3.05, 3.63) is 18.5 Å². The summed E-state index contributed by atoms with van der Waals surface area (Å²) in [4.78, 5) is 0. The Bertz CT molecular complexity index is 353. The molecule has 6 heteroatoms. The molecule has 1 fully saturated rings. The van der Waals surface area contributed by atoms with Crippen molar-refractivity contribution in [1.82, 2.24) is 15.1 Å². The molecule has 3 unspecified atom stereocenters. The summed E-state index contributed by atoms with van der Waals surface area (Å²) in [7, 11) is 0. The van der Waals surface area contributed by atoms with Gasteiger partial charge in [0.25, 0.3) is 0 Å². The predicted octanol–water partition coefficient (Wildman–Crippen LogP) is 0.418. The van der Waals surface area contributed by atoms with Crippen LogP contribution in [0.5, 0.6) is 0 Å². The third-order valence-electron chi connectivity index (χ3n) is 3.36. The molecule has 3 atom stereocenters. The first-order chi connectivity index (χ1) is 9.74. The zero-order valence-electron chi connectivity index (χ0n) is 12.1. The van der Waals surface area contributed by atoms with Crippen molar-refractivity contribution in [3.8, 4) is 0 Å². The van der Waals surface area contributed by atoms with Crippen LogP contribution in [0.2, 0.25) is 0 Å². The number of hydrogen-bond acceptors (Lipinski definition) is 5. The predicted molar refractivity (Wildman–Crippen MR) is 75.5 cm³/mol. The Morgan fingerprint density at radius 2 is 2.50 bits per heavy atom. The van der Waals surface area contributed by atoms with Crippen LogP contribution < -0.4 is 5.32 Å². The fourth-order valence-corrected chi connectivity index (χ4v) is 2.26. The molecule has 1 saturated heterocycles. The van der Waals surface area contributed by atoms with Crippen molar-refractivity contribution in [2.75, 3.05) is 26.4 Å². The zero-order valence-corrected chi connectivity index (χ0v) is 12.1. The van der Waals surface area contributed by atoms with Crippen LogP contribution in [0.1, 0.15) is 19.8 Å². The highest BCUT2D eigenvalue weighted by Gasteiger charge is 2.16. The van der Waals surface area contributed by atoms with Crippen molar-refractivity contribution >= 4 is 0 Å². The topological polar surface area (TPSA) is 68.5 Å². The Kier molecular flexibility index (Phi) is 6.46. The maximum absolute atomic E-state index is 9.85. The van der Waals surface area contributed by atoms with Crippen LogP contribution in [0.15, 0.2) is 18.5 Å². The second kappa shape index (κ2) is 8.36. The number of aliphatic hydroxyl groups is 1. The Balaban J connectivity index is 1.51. The maximum Gasteiger partial charge on any atom is 0.0897 e. The standard InChI is InChI=1S/C14H25N3O3/c1-12(9-17-6-3-5-16-17)15-8-13(18)10-19-11-14-4-2-7-20-14/h3,5-6,12-15,18H,2,4,7-11H2,1H3. The molecule has 114 valence electrons. The monoisotopic (exact) mass is 283 g/mol. The molecule has 2 N–H and O–H groups in total. The van der Waals surface area contributed by atoms with Gasteiger partial charge in [0.05, 0.1) is 32.0 Å². The van der Waals surface area contributed by atoms with E-state index in [-0.39, 0.29) is 12.1 Å². The summed E-state index contributed by atoms with van der Waals surface area (Å²) >= 11 is 0. The first kappa shape index (κ1) is 15.4. The molecular weight excluding hydrogens is 258 g/mol. The Hall–Kier alpha value is -0.950. The molecule has 1 aliphatic rings. The van der Waals surface area contributed by atoms with E-state index in [0.29, 0.717) is 19.8 Å². The summed E-state index contributed by atoms with van der Waals surface area (Å²) in [5.41, 5.74) is 0. The Morgan fingerprint density at radius 3 is 3.20 bits per heavy atom. The van der Waals surface area contributed by atoms with Gasteiger partial charge >= 0.3 is 0 Å². The Morgan fingerprint density at radius 1 is 1.60 bits per heavy atom. The second-order valence-electron chi connectivity index (χ2n) is 5.36. The van der Waals surface area contributed by atoms with Gasteiger partial charge in [-0.1, -0.05) is 0 Å². The van der Waals surface area contributed by atoms with Gasteiger partial charge in [0.1, 0.15) is 0 Å². The van der Waals surface area contributed by atoms with E-state index in [0.717, 1.165) is 26.0 Å². The Labute approximate surface area is 120 Å². The van der Waals surface area contributed by atoms with E-state index in [1.54, 1.807) is 6.20 Å². The lowest BCUT2D eigenvalue weighted by molar-refractivity contribution is -0.0169. The van der Waals surface area contributed by atoms with Crippen molar-refractivity contribution in [2.45, 2.75) is 44.6 Å².